The first-order valence-electron chi connectivity index (χ1n) is 10.6. The number of carbonyl (C=O) groups is 2. The zero-order valence-corrected chi connectivity index (χ0v) is 18.4. The fraction of sp³-hybridized carbons (Fsp3) is 0.280. The number of ether oxygens (including phenoxy) is 1. The molecule has 0 saturated heterocycles. The molecule has 5 nitrogen and oxygen atoms in total. The number of nitrogens with one attached hydrogen (secondary N) is 1. The highest BCUT2D eigenvalue weighted by atomic mass is 32.1. The minimum absolute atomic E-state index is 0.0242. The molecule has 3 aromatic rings. The van der Waals surface area contributed by atoms with Crippen molar-refractivity contribution in [2.24, 2.45) is 5.92 Å². The van der Waals surface area contributed by atoms with Gasteiger partial charge in [-0.25, -0.2) is 0 Å². The van der Waals surface area contributed by atoms with E-state index < -0.39 is 0 Å². The maximum Gasteiger partial charge on any atom is 0.264 e. The zero-order chi connectivity index (χ0) is 21.6. The molecule has 2 amide bonds. The minimum atomic E-state index is -0.0242. The molecule has 1 heterocycles. The molecule has 0 unspecified atom stereocenters. The Morgan fingerprint density at radius 3 is 2.42 bits per heavy atom. The molecule has 1 fully saturated rings. The molecule has 0 radical (unpaired) electrons. The summed E-state index contributed by atoms with van der Waals surface area (Å²) in [5.74, 6) is 0.982. The molecule has 1 saturated carbocycles. The number of rotatable bonds is 9. The average molecular weight is 435 g/mol. The summed E-state index contributed by atoms with van der Waals surface area (Å²) in [6.45, 7) is 3.62. The summed E-state index contributed by atoms with van der Waals surface area (Å²) in [5, 5.41) is 3.64. The van der Waals surface area contributed by atoms with Crippen molar-refractivity contribution in [3.05, 3.63) is 82.7 Å². The third-order valence-corrected chi connectivity index (χ3v) is 6.21. The van der Waals surface area contributed by atoms with Crippen LogP contribution < -0.4 is 10.1 Å². The molecule has 1 aliphatic carbocycles. The number of nitrogens with zero attached hydrogens (tertiary/aromatic N) is 1. The van der Waals surface area contributed by atoms with Crippen molar-refractivity contribution in [2.45, 2.75) is 32.9 Å². The van der Waals surface area contributed by atoms with Crippen LogP contribution in [0.3, 0.4) is 0 Å². The molecule has 31 heavy (non-hydrogen) atoms. The van der Waals surface area contributed by atoms with E-state index in [4.69, 9.17) is 4.74 Å². The first-order chi connectivity index (χ1) is 15.1. The van der Waals surface area contributed by atoms with Crippen LogP contribution in [0.1, 0.15) is 40.6 Å². The third-order valence-electron chi connectivity index (χ3n) is 5.23. The lowest BCUT2D eigenvalue weighted by atomic mass is 10.2. The number of amides is 2. The van der Waals surface area contributed by atoms with Crippen LogP contribution in [-0.2, 0) is 17.9 Å². The van der Waals surface area contributed by atoms with Crippen molar-refractivity contribution >= 4 is 28.2 Å². The van der Waals surface area contributed by atoms with Gasteiger partial charge in [-0.1, -0.05) is 42.5 Å². The lowest BCUT2D eigenvalue weighted by Gasteiger charge is -2.20. The van der Waals surface area contributed by atoms with Crippen LogP contribution in [0.25, 0.3) is 0 Å². The van der Waals surface area contributed by atoms with Crippen LogP contribution in [0.15, 0.2) is 66.7 Å². The Morgan fingerprint density at radius 2 is 1.74 bits per heavy atom. The predicted molar refractivity (Wildman–Crippen MR) is 123 cm³/mol. The van der Waals surface area contributed by atoms with Gasteiger partial charge in [0.15, 0.2) is 0 Å². The van der Waals surface area contributed by atoms with Gasteiger partial charge >= 0.3 is 0 Å². The molecular weight excluding hydrogens is 408 g/mol. The summed E-state index contributed by atoms with van der Waals surface area (Å²) in [7, 11) is 0. The molecule has 2 aromatic carbocycles. The van der Waals surface area contributed by atoms with E-state index in [1.165, 1.54) is 11.3 Å². The van der Waals surface area contributed by atoms with Gasteiger partial charge in [-0.3, -0.25) is 9.59 Å². The highest BCUT2D eigenvalue weighted by molar-refractivity contribution is 7.18. The lowest BCUT2D eigenvalue weighted by Crippen LogP contribution is -2.29. The highest BCUT2D eigenvalue weighted by Crippen LogP contribution is 2.32. The van der Waals surface area contributed by atoms with Gasteiger partial charge in [0.25, 0.3) is 5.91 Å². The molecule has 4 rings (SSSR count). The number of benzene rings is 2. The second-order valence-electron chi connectivity index (χ2n) is 7.66. The van der Waals surface area contributed by atoms with Gasteiger partial charge in [-0.2, -0.15) is 0 Å². The van der Waals surface area contributed by atoms with Crippen LogP contribution in [-0.4, -0.2) is 23.3 Å². The highest BCUT2D eigenvalue weighted by Gasteiger charge is 2.30. The standard InChI is InChI=1S/C25H26N2O3S/c1-2-27(25(29)22-14-15-23(31-22)26-24(28)20-10-11-20)16-18-8-12-21(13-9-18)30-17-19-6-4-3-5-7-19/h3-9,12-15,20H,2,10-11,16-17H2,1H3,(H,26,28). The van der Waals surface area contributed by atoms with Gasteiger partial charge in [-0.05, 0) is 55.2 Å². The number of carbonyl (C=O) groups excluding carboxylic acids is 2. The Bertz CT molecular complexity index is 1030. The smallest absolute Gasteiger partial charge is 0.264 e. The second-order valence-corrected chi connectivity index (χ2v) is 8.75. The van der Waals surface area contributed by atoms with Gasteiger partial charge in [0.1, 0.15) is 12.4 Å². The normalized spacial score (nSPS) is 12.9. The monoisotopic (exact) mass is 434 g/mol. The third kappa shape index (κ3) is 5.73. The molecule has 1 aromatic heterocycles. The van der Waals surface area contributed by atoms with Gasteiger partial charge in [0, 0.05) is 19.0 Å². The van der Waals surface area contributed by atoms with E-state index in [0.29, 0.717) is 24.6 Å². The lowest BCUT2D eigenvalue weighted by molar-refractivity contribution is -0.117. The summed E-state index contributed by atoms with van der Waals surface area (Å²) in [6.07, 6.45) is 1.92. The maximum atomic E-state index is 13.0. The van der Waals surface area contributed by atoms with Crippen LogP contribution in [0.5, 0.6) is 5.75 Å². The van der Waals surface area contributed by atoms with Gasteiger partial charge in [0.05, 0.1) is 9.88 Å². The number of hydrogen-bond donors (Lipinski definition) is 1. The molecule has 0 atom stereocenters. The molecular formula is C25H26N2O3S. The first-order valence-corrected chi connectivity index (χ1v) is 11.4. The molecule has 6 heteroatoms. The fourth-order valence-corrected chi connectivity index (χ4v) is 4.10. The summed E-state index contributed by atoms with van der Waals surface area (Å²) in [6, 6.07) is 21.5. The van der Waals surface area contributed by atoms with Crippen molar-refractivity contribution in [1.29, 1.82) is 0 Å². The van der Waals surface area contributed by atoms with Crippen molar-refractivity contribution in [3.8, 4) is 5.75 Å². The van der Waals surface area contributed by atoms with Crippen molar-refractivity contribution in [1.82, 2.24) is 4.90 Å². The summed E-state index contributed by atoms with van der Waals surface area (Å²) >= 11 is 1.33. The Morgan fingerprint density at radius 1 is 1.00 bits per heavy atom. The van der Waals surface area contributed by atoms with Crippen molar-refractivity contribution in [3.63, 3.8) is 0 Å². The minimum Gasteiger partial charge on any atom is -0.489 e. The predicted octanol–water partition coefficient (Wildman–Crippen LogP) is 5.34. The summed E-state index contributed by atoms with van der Waals surface area (Å²) in [4.78, 5) is 27.3. The molecule has 1 N–H and O–H groups in total. The maximum absolute atomic E-state index is 13.0. The molecule has 0 aliphatic heterocycles. The van der Waals surface area contributed by atoms with E-state index in [1.807, 2.05) is 67.6 Å². The Labute approximate surface area is 186 Å². The van der Waals surface area contributed by atoms with Crippen molar-refractivity contribution in [2.75, 3.05) is 11.9 Å². The van der Waals surface area contributed by atoms with Crippen LogP contribution in [0.2, 0.25) is 0 Å². The van der Waals surface area contributed by atoms with E-state index in [9.17, 15) is 9.59 Å². The van der Waals surface area contributed by atoms with Crippen LogP contribution in [0.4, 0.5) is 5.00 Å². The molecule has 0 bridgehead atoms. The number of thiophene rings is 1. The quantitative estimate of drug-likeness (QED) is 0.495. The van der Waals surface area contributed by atoms with E-state index in [2.05, 4.69) is 5.32 Å². The van der Waals surface area contributed by atoms with Gasteiger partial charge < -0.3 is 15.0 Å². The summed E-state index contributed by atoms with van der Waals surface area (Å²) < 4.78 is 5.84. The molecule has 1 aliphatic rings. The Kier molecular flexibility index (Phi) is 6.67. The van der Waals surface area contributed by atoms with Crippen LogP contribution in [0, 0.1) is 5.92 Å². The van der Waals surface area contributed by atoms with E-state index in [1.54, 1.807) is 11.0 Å². The molecule has 160 valence electrons. The summed E-state index contributed by atoms with van der Waals surface area (Å²) in [5.41, 5.74) is 2.17. The SMILES string of the molecule is CCN(Cc1ccc(OCc2ccccc2)cc1)C(=O)c1ccc(NC(=O)C2CC2)s1. The Balaban J connectivity index is 1.33. The topological polar surface area (TPSA) is 58.6 Å². The second kappa shape index (κ2) is 9.79. The Hall–Kier alpha value is -3.12. The number of hydrogen-bond acceptors (Lipinski definition) is 4. The fourth-order valence-electron chi connectivity index (χ4n) is 3.22. The van der Waals surface area contributed by atoms with Crippen molar-refractivity contribution < 1.29 is 14.3 Å². The largest absolute Gasteiger partial charge is 0.489 e. The van der Waals surface area contributed by atoms with Gasteiger partial charge in [-0.15, -0.1) is 11.3 Å². The first kappa shape index (κ1) is 21.1. The molecule has 0 spiro atoms. The van der Waals surface area contributed by atoms with Gasteiger partial charge in [0.2, 0.25) is 5.91 Å². The van der Waals surface area contributed by atoms with E-state index >= 15 is 0 Å². The average Bonchev–Trinajstić information content (AvgIpc) is 3.56. The van der Waals surface area contributed by atoms with Crippen LogP contribution >= 0.6 is 11.3 Å². The number of anilines is 1. The van der Waals surface area contributed by atoms with E-state index in [0.717, 1.165) is 34.7 Å². The zero-order valence-electron chi connectivity index (χ0n) is 17.5. The van der Waals surface area contributed by atoms with E-state index in [-0.39, 0.29) is 17.7 Å².